The van der Waals surface area contributed by atoms with Gasteiger partial charge in [-0.15, -0.1) is 0 Å². The van der Waals surface area contributed by atoms with E-state index in [1.165, 1.54) is 23.9 Å². The number of aromatic nitrogens is 2. The SMILES string of the molecule is Clc1ccc(Cn2c(CNCC3CCCNC3)nc3ccccc32)cc1. The zero-order valence-electron chi connectivity index (χ0n) is 14.9. The second-order valence-electron chi connectivity index (χ2n) is 7.07. The molecule has 26 heavy (non-hydrogen) atoms. The molecule has 1 aliphatic rings. The Bertz CT molecular complexity index is 850. The number of imidazole rings is 1. The predicted molar refractivity (Wildman–Crippen MR) is 108 cm³/mol. The first-order valence-corrected chi connectivity index (χ1v) is 9.77. The van der Waals surface area contributed by atoms with E-state index >= 15 is 0 Å². The van der Waals surface area contributed by atoms with Gasteiger partial charge in [-0.2, -0.15) is 0 Å². The van der Waals surface area contributed by atoms with Crippen molar-refractivity contribution in [2.24, 2.45) is 5.92 Å². The molecule has 1 fully saturated rings. The summed E-state index contributed by atoms with van der Waals surface area (Å²) in [6.45, 7) is 4.91. The maximum atomic E-state index is 6.03. The highest BCUT2D eigenvalue weighted by Crippen LogP contribution is 2.19. The number of rotatable bonds is 6. The highest BCUT2D eigenvalue weighted by Gasteiger charge is 2.14. The summed E-state index contributed by atoms with van der Waals surface area (Å²) in [6.07, 6.45) is 2.59. The average Bonchev–Trinajstić information content (AvgIpc) is 3.02. The van der Waals surface area contributed by atoms with Crippen LogP contribution in [0, 0.1) is 5.92 Å². The highest BCUT2D eigenvalue weighted by atomic mass is 35.5. The van der Waals surface area contributed by atoms with E-state index in [0.29, 0.717) is 0 Å². The van der Waals surface area contributed by atoms with Gasteiger partial charge in [0.2, 0.25) is 0 Å². The third kappa shape index (κ3) is 4.09. The van der Waals surface area contributed by atoms with Gasteiger partial charge >= 0.3 is 0 Å². The summed E-state index contributed by atoms with van der Waals surface area (Å²) < 4.78 is 2.31. The molecule has 4 nitrogen and oxygen atoms in total. The van der Waals surface area contributed by atoms with Gasteiger partial charge < -0.3 is 15.2 Å². The van der Waals surface area contributed by atoms with Crippen LogP contribution in [0.2, 0.25) is 5.02 Å². The van der Waals surface area contributed by atoms with Gasteiger partial charge in [0.15, 0.2) is 0 Å². The van der Waals surface area contributed by atoms with E-state index in [0.717, 1.165) is 55.0 Å². The third-order valence-electron chi connectivity index (χ3n) is 5.10. The van der Waals surface area contributed by atoms with Gasteiger partial charge in [0.05, 0.1) is 17.6 Å². The number of piperidine rings is 1. The minimum Gasteiger partial charge on any atom is -0.322 e. The first-order valence-electron chi connectivity index (χ1n) is 9.39. The summed E-state index contributed by atoms with van der Waals surface area (Å²) in [5, 5.41) is 7.88. The molecule has 0 amide bonds. The van der Waals surface area contributed by atoms with Crippen LogP contribution < -0.4 is 10.6 Å². The lowest BCUT2D eigenvalue weighted by Crippen LogP contribution is -2.36. The summed E-state index contributed by atoms with van der Waals surface area (Å²) >= 11 is 6.03. The number of halogens is 1. The Morgan fingerprint density at radius 2 is 2.00 bits per heavy atom. The molecule has 136 valence electrons. The van der Waals surface area contributed by atoms with Gasteiger partial charge in [-0.1, -0.05) is 35.9 Å². The molecule has 2 N–H and O–H groups in total. The van der Waals surface area contributed by atoms with Crippen molar-refractivity contribution < 1.29 is 0 Å². The molecule has 2 heterocycles. The topological polar surface area (TPSA) is 41.9 Å². The summed E-state index contributed by atoms with van der Waals surface area (Å²) in [5.41, 5.74) is 3.46. The van der Waals surface area contributed by atoms with Gasteiger partial charge in [-0.05, 0) is 68.2 Å². The molecule has 0 saturated carbocycles. The third-order valence-corrected chi connectivity index (χ3v) is 5.35. The zero-order chi connectivity index (χ0) is 17.8. The Kier molecular flexibility index (Phi) is 5.54. The quantitative estimate of drug-likeness (QED) is 0.694. The number of fused-ring (bicyclic) bond motifs is 1. The first kappa shape index (κ1) is 17.5. The molecule has 1 atom stereocenters. The molecule has 1 aliphatic heterocycles. The predicted octanol–water partition coefficient (Wildman–Crippen LogP) is 3.83. The fraction of sp³-hybridized carbons (Fsp3) is 0.381. The number of hydrogen-bond donors (Lipinski definition) is 2. The molecule has 4 rings (SSSR count). The number of para-hydroxylation sites is 2. The van der Waals surface area contributed by atoms with Crippen molar-refractivity contribution in [3.05, 3.63) is 64.9 Å². The Labute approximate surface area is 159 Å². The lowest BCUT2D eigenvalue weighted by Gasteiger charge is -2.23. The lowest BCUT2D eigenvalue weighted by atomic mass is 10.00. The number of nitrogens with one attached hydrogen (secondary N) is 2. The monoisotopic (exact) mass is 368 g/mol. The van der Waals surface area contributed by atoms with Crippen LogP contribution >= 0.6 is 11.6 Å². The molecule has 0 spiro atoms. The van der Waals surface area contributed by atoms with Crippen molar-refractivity contribution in [3.63, 3.8) is 0 Å². The van der Waals surface area contributed by atoms with Crippen LogP contribution in [0.15, 0.2) is 48.5 Å². The largest absolute Gasteiger partial charge is 0.322 e. The molecule has 0 radical (unpaired) electrons. The standard InChI is InChI=1S/C21H25ClN4/c22-18-9-7-16(8-10-18)15-26-20-6-2-1-5-19(20)25-21(26)14-24-13-17-4-3-11-23-12-17/h1-2,5-10,17,23-24H,3-4,11-15H2. The number of benzene rings is 2. The van der Waals surface area contributed by atoms with Gasteiger partial charge in [0.25, 0.3) is 0 Å². The molecule has 3 aromatic rings. The van der Waals surface area contributed by atoms with Crippen molar-refractivity contribution in [2.75, 3.05) is 19.6 Å². The lowest BCUT2D eigenvalue weighted by molar-refractivity contribution is 0.358. The molecule has 2 aromatic carbocycles. The normalized spacial score (nSPS) is 17.7. The molecule has 1 saturated heterocycles. The van der Waals surface area contributed by atoms with Gasteiger partial charge in [0.1, 0.15) is 5.82 Å². The smallest absolute Gasteiger partial charge is 0.124 e. The van der Waals surface area contributed by atoms with E-state index in [9.17, 15) is 0 Å². The molecular weight excluding hydrogens is 344 g/mol. The van der Waals surface area contributed by atoms with Gasteiger partial charge in [-0.25, -0.2) is 4.98 Å². The van der Waals surface area contributed by atoms with Crippen LogP contribution in [0.4, 0.5) is 0 Å². The zero-order valence-corrected chi connectivity index (χ0v) is 15.7. The van der Waals surface area contributed by atoms with Crippen LogP contribution in [0.3, 0.4) is 0 Å². The van der Waals surface area contributed by atoms with E-state index in [1.54, 1.807) is 0 Å². The van der Waals surface area contributed by atoms with E-state index in [-0.39, 0.29) is 0 Å². The summed E-state index contributed by atoms with van der Waals surface area (Å²) in [7, 11) is 0. The second kappa shape index (κ2) is 8.21. The fourth-order valence-electron chi connectivity index (χ4n) is 3.70. The maximum absolute atomic E-state index is 6.03. The number of nitrogens with zero attached hydrogens (tertiary/aromatic N) is 2. The van der Waals surface area contributed by atoms with E-state index in [4.69, 9.17) is 16.6 Å². The average molecular weight is 369 g/mol. The Balaban J connectivity index is 1.52. The maximum Gasteiger partial charge on any atom is 0.124 e. The van der Waals surface area contributed by atoms with Crippen LogP contribution in [-0.4, -0.2) is 29.2 Å². The fourth-order valence-corrected chi connectivity index (χ4v) is 3.82. The Morgan fingerprint density at radius 1 is 1.15 bits per heavy atom. The van der Waals surface area contributed by atoms with E-state index < -0.39 is 0 Å². The van der Waals surface area contributed by atoms with Crippen LogP contribution in [0.5, 0.6) is 0 Å². The molecule has 0 bridgehead atoms. The highest BCUT2D eigenvalue weighted by molar-refractivity contribution is 6.30. The summed E-state index contributed by atoms with van der Waals surface area (Å²) in [6, 6.07) is 16.4. The first-order chi connectivity index (χ1) is 12.8. The molecule has 0 aliphatic carbocycles. The van der Waals surface area contributed by atoms with Gasteiger partial charge in [-0.3, -0.25) is 0 Å². The van der Waals surface area contributed by atoms with E-state index in [2.05, 4.69) is 45.5 Å². The molecular formula is C21H25ClN4. The Morgan fingerprint density at radius 3 is 2.81 bits per heavy atom. The van der Waals surface area contributed by atoms with Crippen LogP contribution in [0.1, 0.15) is 24.2 Å². The van der Waals surface area contributed by atoms with Gasteiger partial charge in [0, 0.05) is 11.6 Å². The van der Waals surface area contributed by atoms with Crippen LogP contribution in [-0.2, 0) is 13.1 Å². The van der Waals surface area contributed by atoms with Crippen molar-refractivity contribution in [1.29, 1.82) is 0 Å². The summed E-state index contributed by atoms with van der Waals surface area (Å²) in [4.78, 5) is 4.87. The minimum absolute atomic E-state index is 0.720. The van der Waals surface area contributed by atoms with E-state index in [1.807, 2.05) is 18.2 Å². The summed E-state index contributed by atoms with van der Waals surface area (Å²) in [5.74, 6) is 1.81. The van der Waals surface area contributed by atoms with Crippen molar-refractivity contribution in [3.8, 4) is 0 Å². The van der Waals surface area contributed by atoms with Crippen LogP contribution in [0.25, 0.3) is 11.0 Å². The molecule has 1 unspecified atom stereocenters. The molecule has 1 aromatic heterocycles. The second-order valence-corrected chi connectivity index (χ2v) is 7.51. The Hall–Kier alpha value is -1.88. The minimum atomic E-state index is 0.720. The number of hydrogen-bond acceptors (Lipinski definition) is 3. The van der Waals surface area contributed by atoms with Crippen molar-refractivity contribution in [2.45, 2.75) is 25.9 Å². The van der Waals surface area contributed by atoms with Crippen molar-refractivity contribution in [1.82, 2.24) is 20.2 Å². The van der Waals surface area contributed by atoms with Crippen molar-refractivity contribution >= 4 is 22.6 Å². The molecule has 5 heteroatoms.